The SMILES string of the molecule is CC(C)=CCC/C(C)=C/CC/C(C)=C/CCC(C)CCC/C(C)=C\CC/C(C)=C/CC/C(C)=C\CC/C(C)=C/CC/C(C)=C/CC/C(C)=C/CC/C(C)=C/COP(=O)(O)O. The van der Waals surface area contributed by atoms with Gasteiger partial charge in [-0.25, -0.2) is 4.57 Å². The Labute approximate surface area is 372 Å². The highest BCUT2D eigenvalue weighted by molar-refractivity contribution is 7.46. The van der Waals surface area contributed by atoms with E-state index in [9.17, 15) is 4.57 Å². The van der Waals surface area contributed by atoms with Crippen LogP contribution in [0.1, 0.15) is 218 Å². The Balaban J connectivity index is 4.21. The van der Waals surface area contributed by atoms with E-state index >= 15 is 0 Å². The lowest BCUT2D eigenvalue weighted by molar-refractivity contribution is 0.215. The number of allylic oxidation sites excluding steroid dienone is 19. The molecule has 0 radical (unpaired) electrons. The number of hydrogen-bond donors (Lipinski definition) is 2. The molecule has 0 aliphatic rings. The van der Waals surface area contributed by atoms with Crippen molar-refractivity contribution in [2.75, 3.05) is 6.61 Å². The van der Waals surface area contributed by atoms with Crippen LogP contribution in [0.4, 0.5) is 0 Å². The average molecular weight is 849 g/mol. The molecule has 0 amide bonds. The van der Waals surface area contributed by atoms with E-state index in [1.54, 1.807) is 17.2 Å². The van der Waals surface area contributed by atoms with E-state index in [-0.39, 0.29) is 6.61 Å². The van der Waals surface area contributed by atoms with Crippen molar-refractivity contribution in [1.82, 2.24) is 0 Å². The van der Waals surface area contributed by atoms with Gasteiger partial charge in [0.05, 0.1) is 6.61 Å². The number of phosphoric ester groups is 1. The molecule has 0 saturated heterocycles. The van der Waals surface area contributed by atoms with Crippen molar-refractivity contribution < 1.29 is 18.9 Å². The van der Waals surface area contributed by atoms with Crippen molar-refractivity contribution in [2.24, 2.45) is 5.92 Å². The second kappa shape index (κ2) is 36.0. The zero-order valence-electron chi connectivity index (χ0n) is 41.1. The van der Waals surface area contributed by atoms with E-state index in [4.69, 9.17) is 9.79 Å². The van der Waals surface area contributed by atoms with Crippen LogP contribution < -0.4 is 0 Å². The zero-order chi connectivity index (χ0) is 45.2. The maximum absolute atomic E-state index is 10.8. The summed E-state index contributed by atoms with van der Waals surface area (Å²) in [5.74, 6) is 0.800. The molecule has 0 bridgehead atoms. The van der Waals surface area contributed by atoms with Gasteiger partial charge in [0.1, 0.15) is 0 Å². The van der Waals surface area contributed by atoms with E-state index < -0.39 is 7.82 Å². The van der Waals surface area contributed by atoms with Crippen LogP contribution >= 0.6 is 7.82 Å². The first-order valence-electron chi connectivity index (χ1n) is 23.6. The molecule has 0 aromatic rings. The van der Waals surface area contributed by atoms with Crippen LogP contribution in [0.5, 0.6) is 0 Å². The minimum Gasteiger partial charge on any atom is -0.303 e. The monoisotopic (exact) mass is 849 g/mol. The largest absolute Gasteiger partial charge is 0.469 e. The van der Waals surface area contributed by atoms with Gasteiger partial charge in [-0.05, 0) is 210 Å². The summed E-state index contributed by atoms with van der Waals surface area (Å²) in [6.45, 7) is 26.9. The van der Waals surface area contributed by atoms with Gasteiger partial charge in [-0.2, -0.15) is 0 Å². The molecular weight excluding hydrogens is 756 g/mol. The fraction of sp³-hybridized carbons (Fsp3) is 0.636. The van der Waals surface area contributed by atoms with Crippen molar-refractivity contribution in [3.05, 3.63) is 116 Å². The molecule has 2 N–H and O–H groups in total. The molecule has 0 rings (SSSR count). The summed E-state index contributed by atoms with van der Waals surface area (Å²) < 4.78 is 15.3. The third kappa shape index (κ3) is 39.6. The van der Waals surface area contributed by atoms with Crippen LogP contribution in [0.15, 0.2) is 116 Å². The van der Waals surface area contributed by atoms with Crippen LogP contribution in [0.2, 0.25) is 0 Å². The Kier molecular flexibility index (Phi) is 34.5. The molecule has 0 aromatic carbocycles. The highest BCUT2D eigenvalue weighted by atomic mass is 31.2. The van der Waals surface area contributed by atoms with Crippen LogP contribution in [-0.2, 0) is 9.09 Å². The van der Waals surface area contributed by atoms with Gasteiger partial charge < -0.3 is 9.79 Å². The minimum atomic E-state index is -4.40. The molecule has 0 spiro atoms. The average Bonchev–Trinajstić information content (AvgIpc) is 3.14. The van der Waals surface area contributed by atoms with Gasteiger partial charge in [-0.15, -0.1) is 0 Å². The Morgan fingerprint density at radius 2 is 0.667 bits per heavy atom. The predicted molar refractivity (Wildman–Crippen MR) is 267 cm³/mol. The zero-order valence-corrected chi connectivity index (χ0v) is 42.0. The van der Waals surface area contributed by atoms with Crippen molar-refractivity contribution >= 4 is 7.82 Å². The lowest BCUT2D eigenvalue weighted by Crippen LogP contribution is -1.94. The summed E-state index contributed by atoms with van der Waals surface area (Å²) in [6, 6.07) is 0. The summed E-state index contributed by atoms with van der Waals surface area (Å²) in [6.07, 6.45) is 47.7. The molecule has 4 nitrogen and oxygen atoms in total. The lowest BCUT2D eigenvalue weighted by Gasteiger charge is -2.10. The van der Waals surface area contributed by atoms with E-state index in [1.165, 1.54) is 103 Å². The Hall–Kier alpha value is -2.49. The standard InChI is InChI=1S/C55H93O4P/c1-45(2)23-13-24-46(3)25-14-26-47(4)27-15-28-48(5)29-16-30-49(6)31-17-32-50(7)33-18-34-51(8)35-19-36-52(9)37-20-38-53(10)39-21-40-54(11)41-22-42-55(12)43-44-59-60(56,57)58/h23,25,27,31,33,35,37,39,41,43,48H,13-22,24,26,28-30,32,34,36,38,40,42,44H2,1-12H3,(H2,56,57,58)/b46-25+,47-27+,49-31-,50-33+,51-35-,52-37+,53-39+,54-41+,55-43+. The molecule has 0 fully saturated rings. The smallest absolute Gasteiger partial charge is 0.303 e. The first kappa shape index (κ1) is 57.5. The molecule has 60 heavy (non-hydrogen) atoms. The molecule has 5 heteroatoms. The van der Waals surface area contributed by atoms with E-state index in [1.807, 2.05) is 6.92 Å². The number of rotatable bonds is 34. The Morgan fingerprint density at radius 1 is 0.400 bits per heavy atom. The van der Waals surface area contributed by atoms with Crippen LogP contribution in [0, 0.1) is 5.92 Å². The first-order valence-corrected chi connectivity index (χ1v) is 25.1. The van der Waals surface area contributed by atoms with Crippen molar-refractivity contribution in [1.29, 1.82) is 0 Å². The molecular formula is C55H93O4P. The summed E-state index contributed by atoms with van der Waals surface area (Å²) in [5.41, 5.74) is 14.5. The maximum Gasteiger partial charge on any atom is 0.469 e. The van der Waals surface area contributed by atoms with E-state index in [0.29, 0.717) is 0 Å². The fourth-order valence-corrected chi connectivity index (χ4v) is 7.36. The molecule has 0 aliphatic carbocycles. The molecule has 0 aromatic heterocycles. The summed E-state index contributed by atoms with van der Waals surface area (Å²) in [7, 11) is -4.40. The van der Waals surface area contributed by atoms with E-state index in [0.717, 1.165) is 82.1 Å². The van der Waals surface area contributed by atoms with Gasteiger partial charge in [0.15, 0.2) is 0 Å². The van der Waals surface area contributed by atoms with Crippen molar-refractivity contribution in [2.45, 2.75) is 218 Å². The van der Waals surface area contributed by atoms with Crippen molar-refractivity contribution in [3.8, 4) is 0 Å². The van der Waals surface area contributed by atoms with E-state index in [2.05, 4.69) is 135 Å². The summed E-state index contributed by atoms with van der Waals surface area (Å²) >= 11 is 0. The third-order valence-electron chi connectivity index (χ3n) is 11.4. The number of phosphoric acid groups is 1. The van der Waals surface area contributed by atoms with Gasteiger partial charge in [0.25, 0.3) is 0 Å². The second-order valence-electron chi connectivity index (χ2n) is 18.4. The molecule has 0 saturated carbocycles. The molecule has 1 atom stereocenters. The van der Waals surface area contributed by atoms with Gasteiger partial charge >= 0.3 is 7.82 Å². The lowest BCUT2D eigenvalue weighted by atomic mass is 9.96. The predicted octanol–water partition coefficient (Wildman–Crippen LogP) is 18.4. The van der Waals surface area contributed by atoms with Crippen LogP contribution in [-0.4, -0.2) is 16.4 Å². The molecule has 0 heterocycles. The van der Waals surface area contributed by atoms with Gasteiger partial charge in [-0.1, -0.05) is 130 Å². The minimum absolute atomic E-state index is 0.0541. The van der Waals surface area contributed by atoms with Crippen LogP contribution in [0.3, 0.4) is 0 Å². The fourth-order valence-electron chi connectivity index (χ4n) is 7.10. The van der Waals surface area contributed by atoms with Crippen LogP contribution in [0.25, 0.3) is 0 Å². The van der Waals surface area contributed by atoms with Gasteiger partial charge in [-0.3, -0.25) is 4.52 Å². The highest BCUT2D eigenvalue weighted by Crippen LogP contribution is 2.35. The first-order chi connectivity index (χ1) is 28.4. The molecule has 342 valence electrons. The third-order valence-corrected chi connectivity index (χ3v) is 11.9. The quantitative estimate of drug-likeness (QED) is 0.0500. The topological polar surface area (TPSA) is 66.8 Å². The Bertz CT molecular complexity index is 1540. The number of hydrogen-bond acceptors (Lipinski definition) is 2. The highest BCUT2D eigenvalue weighted by Gasteiger charge is 2.11. The molecule has 1 unspecified atom stereocenters. The Morgan fingerprint density at radius 3 is 0.967 bits per heavy atom. The summed E-state index contributed by atoms with van der Waals surface area (Å²) in [4.78, 5) is 17.6. The van der Waals surface area contributed by atoms with Crippen molar-refractivity contribution in [3.63, 3.8) is 0 Å². The maximum atomic E-state index is 10.8. The molecule has 0 aliphatic heterocycles. The van der Waals surface area contributed by atoms with Gasteiger partial charge in [0, 0.05) is 0 Å². The normalized spacial score (nSPS) is 15.3. The van der Waals surface area contributed by atoms with Gasteiger partial charge in [0.2, 0.25) is 0 Å². The second-order valence-corrected chi connectivity index (χ2v) is 19.6. The summed E-state index contributed by atoms with van der Waals surface area (Å²) in [5, 5.41) is 0.